The van der Waals surface area contributed by atoms with E-state index in [1.54, 1.807) is 0 Å². The predicted octanol–water partition coefficient (Wildman–Crippen LogP) is 5.27. The molecule has 1 aliphatic heterocycles. The first kappa shape index (κ1) is 21.2. The Balaban J connectivity index is 1.39. The van der Waals surface area contributed by atoms with Crippen molar-refractivity contribution in [2.45, 2.75) is 46.6 Å². The van der Waals surface area contributed by atoms with Crippen LogP contribution in [-0.4, -0.2) is 29.1 Å². The number of likely N-dealkylation sites (tertiary alicyclic amines) is 1. The summed E-state index contributed by atoms with van der Waals surface area (Å²) in [7, 11) is 0. The van der Waals surface area contributed by atoms with E-state index in [2.05, 4.69) is 42.4 Å². The van der Waals surface area contributed by atoms with Crippen LogP contribution in [0.1, 0.15) is 51.3 Å². The molecular formula is C26H30N2O3. The van der Waals surface area contributed by atoms with Crippen molar-refractivity contribution in [1.29, 1.82) is 0 Å². The molecule has 1 saturated heterocycles. The molecule has 0 unspecified atom stereocenters. The van der Waals surface area contributed by atoms with Crippen molar-refractivity contribution < 1.29 is 14.1 Å². The van der Waals surface area contributed by atoms with Crippen molar-refractivity contribution in [2.75, 3.05) is 13.1 Å². The Labute approximate surface area is 184 Å². The molecule has 2 aromatic carbocycles. The van der Waals surface area contributed by atoms with Crippen LogP contribution in [0.25, 0.3) is 0 Å². The molecule has 5 heteroatoms. The van der Waals surface area contributed by atoms with Crippen molar-refractivity contribution in [3.05, 3.63) is 82.2 Å². The van der Waals surface area contributed by atoms with Gasteiger partial charge in [-0.25, -0.2) is 0 Å². The zero-order valence-electron chi connectivity index (χ0n) is 18.6. The van der Waals surface area contributed by atoms with E-state index < -0.39 is 0 Å². The summed E-state index contributed by atoms with van der Waals surface area (Å²) in [6.07, 6.45) is 3.08. The second-order valence-corrected chi connectivity index (χ2v) is 8.48. The summed E-state index contributed by atoms with van der Waals surface area (Å²) in [5, 5.41) is 4.08. The highest BCUT2D eigenvalue weighted by Gasteiger charge is 2.28. The molecule has 1 aromatic heterocycles. The minimum Gasteiger partial charge on any atom is -0.488 e. The van der Waals surface area contributed by atoms with Crippen LogP contribution in [0.2, 0.25) is 0 Å². The Morgan fingerprint density at radius 2 is 1.81 bits per heavy atom. The normalized spacial score (nSPS) is 14.6. The summed E-state index contributed by atoms with van der Waals surface area (Å²) in [6.45, 7) is 7.70. The maximum absolute atomic E-state index is 13.2. The van der Waals surface area contributed by atoms with Crippen LogP contribution in [0.4, 0.5) is 0 Å². The number of aryl methyl sites for hydroxylation is 2. The fraction of sp³-hybridized carbons (Fsp3) is 0.385. The van der Waals surface area contributed by atoms with Crippen molar-refractivity contribution >= 4 is 5.91 Å². The zero-order chi connectivity index (χ0) is 21.8. The number of aromatic nitrogens is 1. The largest absolute Gasteiger partial charge is 0.488 e. The Morgan fingerprint density at radius 1 is 1.06 bits per heavy atom. The Kier molecular flexibility index (Phi) is 6.40. The van der Waals surface area contributed by atoms with Gasteiger partial charge in [0.05, 0.1) is 5.56 Å². The van der Waals surface area contributed by atoms with E-state index in [1.807, 2.05) is 36.9 Å². The molecule has 0 radical (unpaired) electrons. The highest BCUT2D eigenvalue weighted by molar-refractivity contribution is 5.93. The number of amides is 1. The van der Waals surface area contributed by atoms with Gasteiger partial charge in [-0.2, -0.15) is 0 Å². The first-order valence-corrected chi connectivity index (χ1v) is 11.0. The molecule has 1 amide bonds. The van der Waals surface area contributed by atoms with Gasteiger partial charge in [0, 0.05) is 13.1 Å². The lowest BCUT2D eigenvalue weighted by molar-refractivity contribution is 0.0677. The number of nitrogens with zero attached hydrogens (tertiary/aromatic N) is 2. The fourth-order valence-corrected chi connectivity index (χ4v) is 4.20. The summed E-state index contributed by atoms with van der Waals surface area (Å²) >= 11 is 0. The highest BCUT2D eigenvalue weighted by atomic mass is 16.5. The average Bonchev–Trinajstić information content (AvgIpc) is 3.16. The third kappa shape index (κ3) is 4.82. The SMILES string of the molecule is Cc1cccc(OCc2c(C(=O)N3CCC(Cc4ccccc4)CC3)noc2C)c1C. The van der Waals surface area contributed by atoms with Crippen molar-refractivity contribution in [1.82, 2.24) is 10.1 Å². The number of benzene rings is 2. The van der Waals surface area contributed by atoms with Gasteiger partial charge in [-0.05, 0) is 68.7 Å². The molecule has 0 spiro atoms. The van der Waals surface area contributed by atoms with Gasteiger partial charge in [0.1, 0.15) is 18.1 Å². The second-order valence-electron chi connectivity index (χ2n) is 8.48. The number of ether oxygens (including phenoxy) is 1. The lowest BCUT2D eigenvalue weighted by Gasteiger charge is -2.31. The van der Waals surface area contributed by atoms with E-state index >= 15 is 0 Å². The second kappa shape index (κ2) is 9.38. The van der Waals surface area contributed by atoms with Gasteiger partial charge < -0.3 is 14.2 Å². The van der Waals surface area contributed by atoms with Gasteiger partial charge >= 0.3 is 0 Å². The molecule has 0 atom stereocenters. The van der Waals surface area contributed by atoms with Crippen molar-refractivity contribution in [3.63, 3.8) is 0 Å². The van der Waals surface area contributed by atoms with Gasteiger partial charge in [0.15, 0.2) is 5.69 Å². The summed E-state index contributed by atoms with van der Waals surface area (Å²) in [5.41, 5.74) is 4.76. The minimum atomic E-state index is -0.0606. The van der Waals surface area contributed by atoms with Crippen LogP contribution in [0.3, 0.4) is 0 Å². The van der Waals surface area contributed by atoms with Crippen LogP contribution in [-0.2, 0) is 13.0 Å². The lowest BCUT2D eigenvalue weighted by Crippen LogP contribution is -2.39. The molecule has 0 saturated carbocycles. The van der Waals surface area contributed by atoms with Crippen molar-refractivity contribution in [3.8, 4) is 5.75 Å². The highest BCUT2D eigenvalue weighted by Crippen LogP contribution is 2.26. The Bertz CT molecular complexity index is 1030. The van der Waals surface area contributed by atoms with Gasteiger partial charge in [-0.3, -0.25) is 4.79 Å². The quantitative estimate of drug-likeness (QED) is 0.547. The van der Waals surface area contributed by atoms with Gasteiger partial charge in [0.25, 0.3) is 5.91 Å². The predicted molar refractivity (Wildman–Crippen MR) is 120 cm³/mol. The maximum atomic E-state index is 13.2. The molecule has 3 aromatic rings. The number of carbonyl (C=O) groups is 1. The number of hydrogen-bond donors (Lipinski definition) is 0. The third-order valence-electron chi connectivity index (χ3n) is 6.38. The molecule has 2 heterocycles. The third-order valence-corrected chi connectivity index (χ3v) is 6.38. The maximum Gasteiger partial charge on any atom is 0.276 e. The van der Waals surface area contributed by atoms with Crippen LogP contribution in [0.15, 0.2) is 53.1 Å². The Hall–Kier alpha value is -3.08. The molecule has 4 rings (SSSR count). The van der Waals surface area contributed by atoms with E-state index in [0.717, 1.165) is 49.2 Å². The van der Waals surface area contributed by atoms with Crippen LogP contribution in [0, 0.1) is 26.7 Å². The van der Waals surface area contributed by atoms with Crippen LogP contribution >= 0.6 is 0 Å². The number of piperidine rings is 1. The van der Waals surface area contributed by atoms with Gasteiger partial charge in [-0.15, -0.1) is 0 Å². The van der Waals surface area contributed by atoms with E-state index in [0.29, 0.717) is 17.4 Å². The molecule has 1 aliphatic rings. The summed E-state index contributed by atoms with van der Waals surface area (Å²) in [6, 6.07) is 16.6. The standard InChI is InChI=1S/C26H30N2O3/c1-18-8-7-11-24(19(18)2)30-17-23-20(3)31-27-25(23)26(29)28-14-12-22(13-15-28)16-21-9-5-4-6-10-21/h4-11,22H,12-17H2,1-3H3. The molecule has 5 nitrogen and oxygen atoms in total. The molecule has 1 fully saturated rings. The number of hydrogen-bond acceptors (Lipinski definition) is 4. The average molecular weight is 419 g/mol. The lowest BCUT2D eigenvalue weighted by atomic mass is 9.90. The minimum absolute atomic E-state index is 0.0606. The fourth-order valence-electron chi connectivity index (χ4n) is 4.20. The van der Waals surface area contributed by atoms with Gasteiger partial charge in [0.2, 0.25) is 0 Å². The molecule has 0 bridgehead atoms. The smallest absolute Gasteiger partial charge is 0.276 e. The molecule has 0 aliphatic carbocycles. The molecule has 162 valence electrons. The van der Waals surface area contributed by atoms with E-state index in [-0.39, 0.29) is 12.5 Å². The topological polar surface area (TPSA) is 55.6 Å². The van der Waals surface area contributed by atoms with Gasteiger partial charge in [-0.1, -0.05) is 47.6 Å². The molecular weight excluding hydrogens is 388 g/mol. The Morgan fingerprint density at radius 3 is 2.55 bits per heavy atom. The van der Waals surface area contributed by atoms with Crippen LogP contribution < -0.4 is 4.74 Å². The van der Waals surface area contributed by atoms with E-state index in [4.69, 9.17) is 9.26 Å². The zero-order valence-corrected chi connectivity index (χ0v) is 18.6. The number of carbonyl (C=O) groups excluding carboxylic acids is 1. The monoisotopic (exact) mass is 418 g/mol. The molecule has 31 heavy (non-hydrogen) atoms. The first-order valence-electron chi connectivity index (χ1n) is 11.0. The number of rotatable bonds is 6. The summed E-state index contributed by atoms with van der Waals surface area (Å²) in [4.78, 5) is 15.1. The van der Waals surface area contributed by atoms with Crippen molar-refractivity contribution in [2.24, 2.45) is 5.92 Å². The summed E-state index contributed by atoms with van der Waals surface area (Å²) < 4.78 is 11.4. The first-order chi connectivity index (χ1) is 15.0. The van der Waals surface area contributed by atoms with Crippen LogP contribution in [0.5, 0.6) is 5.75 Å². The van der Waals surface area contributed by atoms with E-state index in [1.165, 1.54) is 11.1 Å². The van der Waals surface area contributed by atoms with E-state index in [9.17, 15) is 4.79 Å². The summed E-state index contributed by atoms with van der Waals surface area (Å²) in [5.74, 6) is 2.00. The molecule has 0 N–H and O–H groups in total.